The summed E-state index contributed by atoms with van der Waals surface area (Å²) in [5.41, 5.74) is 0.826. The quantitative estimate of drug-likeness (QED) is 0.815. The van der Waals surface area contributed by atoms with Gasteiger partial charge in [-0.2, -0.15) is 4.98 Å². The molecule has 6 heteroatoms. The van der Waals surface area contributed by atoms with Crippen molar-refractivity contribution in [2.45, 2.75) is 27.7 Å². The molecular weight excluding hydrogens is 284 g/mol. The molecule has 0 saturated heterocycles. The Hall–Kier alpha value is -2.37. The van der Waals surface area contributed by atoms with Gasteiger partial charge in [0.1, 0.15) is 11.2 Å². The van der Waals surface area contributed by atoms with Crippen molar-refractivity contribution < 1.29 is 14.3 Å². The highest BCUT2D eigenvalue weighted by molar-refractivity contribution is 5.93. The Morgan fingerprint density at radius 1 is 1.36 bits per heavy atom. The van der Waals surface area contributed by atoms with Crippen molar-refractivity contribution >= 4 is 17.0 Å². The van der Waals surface area contributed by atoms with Gasteiger partial charge in [-0.25, -0.2) is 4.79 Å². The van der Waals surface area contributed by atoms with Gasteiger partial charge in [0.2, 0.25) is 11.3 Å². The Kier molecular flexibility index (Phi) is 6.10. The Morgan fingerprint density at radius 3 is 2.55 bits per heavy atom. The number of rotatable bonds is 3. The SMILES string of the molecule is CC.CCOC(=O)c1cn(C)c2nc(OC)c(C)cc2c1=O. The van der Waals surface area contributed by atoms with Crippen LogP contribution in [0.5, 0.6) is 5.88 Å². The van der Waals surface area contributed by atoms with Crippen molar-refractivity contribution in [3.63, 3.8) is 0 Å². The lowest BCUT2D eigenvalue weighted by Crippen LogP contribution is -2.20. The number of fused-ring (bicyclic) bond motifs is 1. The zero-order valence-electron chi connectivity index (χ0n) is 13.9. The molecule has 0 N–H and O–H groups in total. The molecule has 0 fully saturated rings. The number of esters is 1. The van der Waals surface area contributed by atoms with E-state index >= 15 is 0 Å². The Morgan fingerprint density at radius 2 is 2.00 bits per heavy atom. The Balaban J connectivity index is 0.00000116. The molecule has 2 aromatic heterocycles. The first-order valence-corrected chi connectivity index (χ1v) is 7.21. The number of methoxy groups -OCH3 is 1. The van der Waals surface area contributed by atoms with Crippen LogP contribution in [0.25, 0.3) is 11.0 Å². The standard InChI is InChI=1S/C14H16N2O4.C2H6/c1-5-20-14(18)10-7-16(3)12-9(11(10)17)6-8(2)13(15-12)19-4;1-2/h6-7H,5H2,1-4H3;1-2H3. The maximum absolute atomic E-state index is 12.4. The summed E-state index contributed by atoms with van der Waals surface area (Å²) in [6.45, 7) is 7.71. The van der Waals surface area contributed by atoms with E-state index in [2.05, 4.69) is 4.98 Å². The second-order valence-electron chi connectivity index (χ2n) is 4.39. The van der Waals surface area contributed by atoms with Crippen molar-refractivity contribution in [3.8, 4) is 5.88 Å². The van der Waals surface area contributed by atoms with Crippen LogP contribution in [0.4, 0.5) is 0 Å². The van der Waals surface area contributed by atoms with Gasteiger partial charge < -0.3 is 14.0 Å². The highest BCUT2D eigenvalue weighted by atomic mass is 16.5. The zero-order chi connectivity index (χ0) is 16.9. The van der Waals surface area contributed by atoms with Crippen molar-refractivity contribution in [3.05, 3.63) is 33.6 Å². The molecule has 0 aromatic carbocycles. The third-order valence-corrected chi connectivity index (χ3v) is 2.98. The van der Waals surface area contributed by atoms with E-state index in [9.17, 15) is 9.59 Å². The molecule has 0 atom stereocenters. The molecule has 0 amide bonds. The summed E-state index contributed by atoms with van der Waals surface area (Å²) in [5, 5.41) is 0.372. The zero-order valence-corrected chi connectivity index (χ0v) is 13.9. The van der Waals surface area contributed by atoms with E-state index in [-0.39, 0.29) is 17.6 Å². The molecular formula is C16H22N2O4. The topological polar surface area (TPSA) is 70.4 Å². The molecule has 0 unspecified atom stereocenters. The summed E-state index contributed by atoms with van der Waals surface area (Å²) in [6, 6.07) is 1.67. The third-order valence-electron chi connectivity index (χ3n) is 2.98. The number of ether oxygens (including phenoxy) is 2. The fourth-order valence-corrected chi connectivity index (χ4v) is 2.04. The first kappa shape index (κ1) is 17.7. The highest BCUT2D eigenvalue weighted by Gasteiger charge is 2.17. The van der Waals surface area contributed by atoms with Gasteiger partial charge in [0.05, 0.1) is 19.1 Å². The third kappa shape index (κ3) is 3.27. The lowest BCUT2D eigenvalue weighted by atomic mass is 10.1. The van der Waals surface area contributed by atoms with E-state index in [1.807, 2.05) is 13.8 Å². The summed E-state index contributed by atoms with van der Waals surface area (Å²) in [6.07, 6.45) is 1.43. The molecule has 2 rings (SSSR count). The molecule has 0 aliphatic carbocycles. The van der Waals surface area contributed by atoms with Gasteiger partial charge >= 0.3 is 5.97 Å². The fraction of sp³-hybridized carbons (Fsp3) is 0.438. The van der Waals surface area contributed by atoms with E-state index in [0.29, 0.717) is 16.9 Å². The summed E-state index contributed by atoms with van der Waals surface area (Å²) in [5.74, 6) is -0.167. The number of carbonyl (C=O) groups is 1. The first-order chi connectivity index (χ1) is 10.5. The van der Waals surface area contributed by atoms with Crippen molar-refractivity contribution in [2.24, 2.45) is 7.05 Å². The minimum atomic E-state index is -0.622. The average molecular weight is 306 g/mol. The van der Waals surface area contributed by atoms with E-state index < -0.39 is 5.97 Å². The average Bonchev–Trinajstić information content (AvgIpc) is 2.52. The normalized spacial score (nSPS) is 9.91. The van der Waals surface area contributed by atoms with Crippen LogP contribution in [-0.4, -0.2) is 29.2 Å². The van der Waals surface area contributed by atoms with Gasteiger partial charge in [-0.3, -0.25) is 4.79 Å². The van der Waals surface area contributed by atoms with Gasteiger partial charge in [0.15, 0.2) is 0 Å². The maximum atomic E-state index is 12.4. The van der Waals surface area contributed by atoms with E-state index in [1.165, 1.54) is 13.3 Å². The fourth-order valence-electron chi connectivity index (χ4n) is 2.04. The number of carbonyl (C=O) groups excluding carboxylic acids is 1. The number of aryl methyl sites for hydroxylation is 2. The molecule has 6 nitrogen and oxygen atoms in total. The van der Waals surface area contributed by atoms with Crippen LogP contribution < -0.4 is 10.2 Å². The minimum absolute atomic E-state index is 0.00761. The first-order valence-electron chi connectivity index (χ1n) is 7.21. The second kappa shape index (κ2) is 7.59. The Labute approximate surface area is 129 Å². The minimum Gasteiger partial charge on any atom is -0.481 e. The molecule has 2 heterocycles. The number of hydrogen-bond donors (Lipinski definition) is 0. The van der Waals surface area contributed by atoms with Crippen LogP contribution in [0.2, 0.25) is 0 Å². The van der Waals surface area contributed by atoms with E-state index in [4.69, 9.17) is 9.47 Å². The molecule has 22 heavy (non-hydrogen) atoms. The molecule has 2 aromatic rings. The van der Waals surface area contributed by atoms with Gasteiger partial charge in [-0.05, 0) is 19.9 Å². The molecule has 0 radical (unpaired) electrons. The van der Waals surface area contributed by atoms with Crippen LogP contribution in [0.1, 0.15) is 36.7 Å². The predicted octanol–water partition coefficient (Wildman–Crippen LogP) is 2.45. The maximum Gasteiger partial charge on any atom is 0.343 e. The van der Waals surface area contributed by atoms with Crippen molar-refractivity contribution in [1.82, 2.24) is 9.55 Å². The summed E-state index contributed by atoms with van der Waals surface area (Å²) in [4.78, 5) is 28.4. The van der Waals surface area contributed by atoms with Crippen LogP contribution in [0.3, 0.4) is 0 Å². The smallest absolute Gasteiger partial charge is 0.343 e. The molecule has 0 bridgehead atoms. The van der Waals surface area contributed by atoms with Crippen LogP contribution in [0, 0.1) is 6.92 Å². The van der Waals surface area contributed by atoms with E-state index in [0.717, 1.165) is 5.56 Å². The highest BCUT2D eigenvalue weighted by Crippen LogP contribution is 2.19. The van der Waals surface area contributed by atoms with Crippen molar-refractivity contribution in [1.29, 1.82) is 0 Å². The molecule has 0 saturated carbocycles. The largest absolute Gasteiger partial charge is 0.481 e. The van der Waals surface area contributed by atoms with Gasteiger partial charge in [0, 0.05) is 18.8 Å². The number of nitrogens with zero attached hydrogens (tertiary/aromatic N) is 2. The lowest BCUT2D eigenvalue weighted by molar-refractivity contribution is 0.0524. The summed E-state index contributed by atoms with van der Waals surface area (Å²) >= 11 is 0. The summed E-state index contributed by atoms with van der Waals surface area (Å²) < 4.78 is 11.7. The molecule has 0 aliphatic heterocycles. The number of aromatic nitrogens is 2. The Bertz CT molecular complexity index is 735. The number of hydrogen-bond acceptors (Lipinski definition) is 5. The molecule has 0 aliphatic rings. The van der Waals surface area contributed by atoms with Gasteiger partial charge in [-0.1, -0.05) is 13.8 Å². The lowest BCUT2D eigenvalue weighted by Gasteiger charge is -2.10. The predicted molar refractivity (Wildman–Crippen MR) is 85.6 cm³/mol. The van der Waals surface area contributed by atoms with Gasteiger partial charge in [-0.15, -0.1) is 0 Å². The second-order valence-corrected chi connectivity index (χ2v) is 4.39. The van der Waals surface area contributed by atoms with Crippen LogP contribution in [0.15, 0.2) is 17.1 Å². The number of pyridine rings is 2. The molecule has 0 spiro atoms. The monoisotopic (exact) mass is 306 g/mol. The van der Waals surface area contributed by atoms with Crippen LogP contribution >= 0.6 is 0 Å². The summed E-state index contributed by atoms with van der Waals surface area (Å²) in [7, 11) is 3.23. The van der Waals surface area contributed by atoms with Crippen molar-refractivity contribution in [2.75, 3.05) is 13.7 Å². The van der Waals surface area contributed by atoms with Crippen LogP contribution in [-0.2, 0) is 11.8 Å². The molecule has 120 valence electrons. The van der Waals surface area contributed by atoms with Gasteiger partial charge in [0.25, 0.3) is 0 Å². The van der Waals surface area contributed by atoms with E-state index in [1.54, 1.807) is 31.5 Å².